The molecule has 0 fully saturated rings. The fraction of sp³-hybridized carbons (Fsp3) is 0.214. The molecule has 6 heteroatoms. The second-order valence-electron chi connectivity index (χ2n) is 4.49. The molecule has 1 aliphatic rings. The fourth-order valence-electron chi connectivity index (χ4n) is 2.17. The third kappa shape index (κ3) is 2.27. The Bertz CT molecular complexity index is 626. The van der Waals surface area contributed by atoms with Crippen LogP contribution in [0.5, 0.6) is 5.75 Å². The number of aromatic nitrogens is 2. The molecule has 1 aliphatic heterocycles. The molecule has 0 bridgehead atoms. The molecule has 2 heterocycles. The Kier molecular flexibility index (Phi) is 3.20. The van der Waals surface area contributed by atoms with Crippen molar-refractivity contribution in [3.05, 3.63) is 42.4 Å². The van der Waals surface area contributed by atoms with Gasteiger partial charge in [-0.3, -0.25) is 5.41 Å². The molecule has 0 saturated carbocycles. The van der Waals surface area contributed by atoms with E-state index in [1.807, 2.05) is 24.3 Å². The summed E-state index contributed by atoms with van der Waals surface area (Å²) in [4.78, 5) is 10.6. The van der Waals surface area contributed by atoms with E-state index in [1.165, 1.54) is 6.20 Å². The van der Waals surface area contributed by atoms with Gasteiger partial charge in [0.25, 0.3) is 0 Å². The second-order valence-corrected chi connectivity index (χ2v) is 4.49. The second kappa shape index (κ2) is 5.16. The lowest BCUT2D eigenvalue weighted by molar-refractivity contribution is 0.322. The predicted octanol–water partition coefficient (Wildman–Crippen LogP) is 1.68. The van der Waals surface area contributed by atoms with Crippen LogP contribution in [-0.4, -0.2) is 29.0 Å². The Labute approximate surface area is 116 Å². The standard InChI is InChI=1S/C14H15N5O/c15-14(16)10-8-18-13(9-17-10)19-6-3-7-20-12-5-2-1-4-11(12)19/h1-2,4-5,8-9H,3,6-7H2,(H3,15,16). The first-order chi connectivity index (χ1) is 9.75. The van der Waals surface area contributed by atoms with Gasteiger partial charge >= 0.3 is 0 Å². The zero-order chi connectivity index (χ0) is 13.9. The average molecular weight is 269 g/mol. The van der Waals surface area contributed by atoms with E-state index < -0.39 is 0 Å². The van der Waals surface area contributed by atoms with Crippen LogP contribution >= 0.6 is 0 Å². The summed E-state index contributed by atoms with van der Waals surface area (Å²) >= 11 is 0. The van der Waals surface area contributed by atoms with Crippen LogP contribution in [0.1, 0.15) is 12.1 Å². The molecule has 0 saturated heterocycles. The largest absolute Gasteiger partial charge is 0.491 e. The van der Waals surface area contributed by atoms with E-state index in [1.54, 1.807) is 6.20 Å². The van der Waals surface area contributed by atoms with Gasteiger partial charge < -0.3 is 15.4 Å². The third-order valence-corrected chi connectivity index (χ3v) is 3.13. The van der Waals surface area contributed by atoms with Crippen molar-refractivity contribution in [3.8, 4) is 5.75 Å². The van der Waals surface area contributed by atoms with Crippen LogP contribution in [0.25, 0.3) is 0 Å². The smallest absolute Gasteiger partial charge is 0.151 e. The number of nitrogen functional groups attached to an aromatic ring is 1. The van der Waals surface area contributed by atoms with Crippen molar-refractivity contribution in [1.29, 1.82) is 5.41 Å². The van der Waals surface area contributed by atoms with E-state index in [2.05, 4.69) is 14.9 Å². The number of nitrogens with one attached hydrogen (secondary N) is 1. The average Bonchev–Trinajstić information content (AvgIpc) is 2.69. The van der Waals surface area contributed by atoms with Gasteiger partial charge in [0.1, 0.15) is 17.3 Å². The van der Waals surface area contributed by atoms with E-state index in [4.69, 9.17) is 15.9 Å². The molecule has 2 aromatic rings. The van der Waals surface area contributed by atoms with Crippen molar-refractivity contribution in [2.45, 2.75) is 6.42 Å². The molecule has 3 N–H and O–H groups in total. The Morgan fingerprint density at radius 3 is 2.85 bits per heavy atom. The van der Waals surface area contributed by atoms with Crippen LogP contribution in [0.15, 0.2) is 36.7 Å². The van der Waals surface area contributed by atoms with E-state index in [0.29, 0.717) is 12.3 Å². The van der Waals surface area contributed by atoms with Crippen molar-refractivity contribution >= 4 is 17.3 Å². The first-order valence-corrected chi connectivity index (χ1v) is 6.41. The van der Waals surface area contributed by atoms with Gasteiger partial charge in [0.05, 0.1) is 24.7 Å². The molecule has 0 amide bonds. The van der Waals surface area contributed by atoms with E-state index in [0.717, 1.165) is 30.2 Å². The lowest BCUT2D eigenvalue weighted by Gasteiger charge is -2.22. The number of nitrogens with two attached hydrogens (primary N) is 1. The fourth-order valence-corrected chi connectivity index (χ4v) is 2.17. The minimum Gasteiger partial charge on any atom is -0.491 e. The predicted molar refractivity (Wildman–Crippen MR) is 76.6 cm³/mol. The number of hydrogen-bond acceptors (Lipinski definition) is 5. The molecule has 102 valence electrons. The van der Waals surface area contributed by atoms with Gasteiger partial charge in [-0.25, -0.2) is 9.97 Å². The molecule has 0 aliphatic carbocycles. The molecule has 0 radical (unpaired) electrons. The topological polar surface area (TPSA) is 88.1 Å². The first kappa shape index (κ1) is 12.4. The number of para-hydroxylation sites is 2. The highest BCUT2D eigenvalue weighted by molar-refractivity contribution is 5.92. The van der Waals surface area contributed by atoms with Gasteiger partial charge in [0.15, 0.2) is 5.82 Å². The number of benzene rings is 1. The van der Waals surface area contributed by atoms with Crippen molar-refractivity contribution < 1.29 is 4.74 Å². The maximum Gasteiger partial charge on any atom is 0.151 e. The Morgan fingerprint density at radius 2 is 2.10 bits per heavy atom. The molecular weight excluding hydrogens is 254 g/mol. The summed E-state index contributed by atoms with van der Waals surface area (Å²) in [6.45, 7) is 1.50. The van der Waals surface area contributed by atoms with Crippen LogP contribution in [0.3, 0.4) is 0 Å². The molecule has 1 aromatic carbocycles. The molecule has 0 atom stereocenters. The maximum absolute atomic E-state index is 7.34. The summed E-state index contributed by atoms with van der Waals surface area (Å²) in [5.41, 5.74) is 6.75. The summed E-state index contributed by atoms with van der Waals surface area (Å²) in [5.74, 6) is 1.50. The highest BCUT2D eigenvalue weighted by atomic mass is 16.5. The summed E-state index contributed by atoms with van der Waals surface area (Å²) in [6.07, 6.45) is 4.07. The van der Waals surface area contributed by atoms with E-state index in [-0.39, 0.29) is 5.84 Å². The monoisotopic (exact) mass is 269 g/mol. The van der Waals surface area contributed by atoms with Crippen molar-refractivity contribution in [3.63, 3.8) is 0 Å². The number of anilines is 2. The van der Waals surface area contributed by atoms with Gasteiger partial charge in [-0.15, -0.1) is 0 Å². The molecule has 20 heavy (non-hydrogen) atoms. The summed E-state index contributed by atoms with van der Waals surface area (Å²) in [7, 11) is 0. The maximum atomic E-state index is 7.34. The number of hydrogen-bond donors (Lipinski definition) is 2. The van der Waals surface area contributed by atoms with Gasteiger partial charge in [-0.1, -0.05) is 12.1 Å². The number of nitrogens with zero attached hydrogens (tertiary/aromatic N) is 3. The highest BCUT2D eigenvalue weighted by Gasteiger charge is 2.18. The van der Waals surface area contributed by atoms with Crippen LogP contribution < -0.4 is 15.4 Å². The van der Waals surface area contributed by atoms with Gasteiger partial charge in [-0.2, -0.15) is 0 Å². The van der Waals surface area contributed by atoms with E-state index in [9.17, 15) is 0 Å². The van der Waals surface area contributed by atoms with Crippen molar-refractivity contribution in [2.75, 3.05) is 18.1 Å². The van der Waals surface area contributed by atoms with Crippen molar-refractivity contribution in [2.24, 2.45) is 5.73 Å². The van der Waals surface area contributed by atoms with Crippen LogP contribution in [0.4, 0.5) is 11.5 Å². The lowest BCUT2D eigenvalue weighted by Crippen LogP contribution is -2.20. The zero-order valence-corrected chi connectivity index (χ0v) is 10.9. The first-order valence-electron chi connectivity index (χ1n) is 6.41. The molecule has 1 aromatic heterocycles. The molecule has 6 nitrogen and oxygen atoms in total. The summed E-state index contributed by atoms with van der Waals surface area (Å²) in [6, 6.07) is 7.87. The van der Waals surface area contributed by atoms with Gasteiger partial charge in [0.2, 0.25) is 0 Å². The quantitative estimate of drug-likeness (QED) is 0.639. The Morgan fingerprint density at radius 1 is 1.25 bits per heavy atom. The van der Waals surface area contributed by atoms with Crippen LogP contribution in [-0.2, 0) is 0 Å². The van der Waals surface area contributed by atoms with Crippen LogP contribution in [0, 0.1) is 5.41 Å². The van der Waals surface area contributed by atoms with E-state index >= 15 is 0 Å². The number of rotatable bonds is 2. The molecule has 0 spiro atoms. The molecule has 0 unspecified atom stereocenters. The Balaban J connectivity index is 1.98. The summed E-state index contributed by atoms with van der Waals surface area (Å²) < 4.78 is 5.72. The van der Waals surface area contributed by atoms with Gasteiger partial charge in [-0.05, 0) is 18.6 Å². The Hall–Kier alpha value is -2.63. The molecular formula is C14H15N5O. The zero-order valence-electron chi connectivity index (χ0n) is 10.9. The van der Waals surface area contributed by atoms with Gasteiger partial charge in [0, 0.05) is 6.54 Å². The highest BCUT2D eigenvalue weighted by Crippen LogP contribution is 2.34. The SMILES string of the molecule is N=C(N)c1cnc(N2CCCOc3ccccc32)cn1. The lowest BCUT2D eigenvalue weighted by atomic mass is 10.2. The van der Waals surface area contributed by atoms with Crippen LogP contribution in [0.2, 0.25) is 0 Å². The normalized spacial score (nSPS) is 14.1. The number of fused-ring (bicyclic) bond motifs is 1. The third-order valence-electron chi connectivity index (χ3n) is 3.13. The number of amidine groups is 1. The minimum absolute atomic E-state index is 0.0800. The van der Waals surface area contributed by atoms with Crippen molar-refractivity contribution in [1.82, 2.24) is 9.97 Å². The number of ether oxygens (including phenoxy) is 1. The summed E-state index contributed by atoms with van der Waals surface area (Å²) in [5, 5.41) is 7.34. The molecule has 3 rings (SSSR count). The minimum atomic E-state index is -0.0800.